The molecule has 1 aromatic heterocycles. The van der Waals surface area contributed by atoms with Crippen LogP contribution in [-0.2, 0) is 11.8 Å². The second-order valence-electron chi connectivity index (χ2n) is 3.91. The highest BCUT2D eigenvalue weighted by atomic mass is 16.4. The summed E-state index contributed by atoms with van der Waals surface area (Å²) in [5, 5.41) is 0. The second kappa shape index (κ2) is 5.81. The molecule has 2 N–H and O–H groups in total. The molecule has 0 saturated carbocycles. The van der Waals surface area contributed by atoms with Crippen molar-refractivity contribution in [2.75, 3.05) is 6.54 Å². The molecular weight excluding hydrogens is 176 g/mol. The van der Waals surface area contributed by atoms with E-state index in [-0.39, 0.29) is 5.41 Å². The molecule has 1 rings (SSSR count). The van der Waals surface area contributed by atoms with E-state index in [1.54, 1.807) is 6.20 Å². The lowest BCUT2D eigenvalue weighted by Crippen LogP contribution is -2.09. The highest BCUT2D eigenvalue weighted by Gasteiger charge is 2.18. The van der Waals surface area contributed by atoms with Gasteiger partial charge in [0.05, 0.1) is 6.20 Å². The van der Waals surface area contributed by atoms with Crippen LogP contribution < -0.4 is 5.73 Å². The SMILES string of the molecule is CC.CC(C)(C)c1cnc(CCN)o1. The predicted octanol–water partition coefficient (Wildman–Crippen LogP) is 2.50. The quantitative estimate of drug-likeness (QED) is 0.794. The molecule has 0 radical (unpaired) electrons. The molecule has 0 fully saturated rings. The number of nitrogens with zero attached hydrogens (tertiary/aromatic N) is 1. The number of nitrogens with two attached hydrogens (primary N) is 1. The van der Waals surface area contributed by atoms with Crippen LogP contribution in [0.3, 0.4) is 0 Å². The van der Waals surface area contributed by atoms with Crippen molar-refractivity contribution in [1.29, 1.82) is 0 Å². The van der Waals surface area contributed by atoms with Crippen molar-refractivity contribution in [3.8, 4) is 0 Å². The minimum absolute atomic E-state index is 0.0415. The number of hydrogen-bond acceptors (Lipinski definition) is 3. The maximum Gasteiger partial charge on any atom is 0.195 e. The zero-order valence-corrected chi connectivity index (χ0v) is 9.92. The molecule has 0 amide bonds. The van der Waals surface area contributed by atoms with Crippen LogP contribution in [0.4, 0.5) is 0 Å². The summed E-state index contributed by atoms with van der Waals surface area (Å²) >= 11 is 0. The number of aromatic nitrogens is 1. The first kappa shape index (κ1) is 13.2. The molecule has 0 spiro atoms. The zero-order valence-electron chi connectivity index (χ0n) is 9.92. The first-order valence-electron chi connectivity index (χ1n) is 5.19. The van der Waals surface area contributed by atoms with Crippen molar-refractivity contribution in [3.05, 3.63) is 17.8 Å². The second-order valence-corrected chi connectivity index (χ2v) is 3.91. The van der Waals surface area contributed by atoms with E-state index in [0.29, 0.717) is 6.54 Å². The van der Waals surface area contributed by atoms with Crippen LogP contribution in [0.25, 0.3) is 0 Å². The van der Waals surface area contributed by atoms with Crippen molar-refractivity contribution in [2.45, 2.75) is 46.5 Å². The summed E-state index contributed by atoms with van der Waals surface area (Å²) in [6.45, 7) is 10.9. The maximum absolute atomic E-state index is 5.50. The summed E-state index contributed by atoms with van der Waals surface area (Å²) in [5.41, 5.74) is 5.42. The Labute approximate surface area is 86.7 Å². The topological polar surface area (TPSA) is 52.0 Å². The van der Waals surface area contributed by atoms with Crippen LogP contribution >= 0.6 is 0 Å². The Morgan fingerprint density at radius 1 is 1.36 bits per heavy atom. The third-order valence-electron chi connectivity index (χ3n) is 1.65. The van der Waals surface area contributed by atoms with Gasteiger partial charge in [-0.3, -0.25) is 0 Å². The average Bonchev–Trinajstić information content (AvgIpc) is 2.56. The summed E-state index contributed by atoms with van der Waals surface area (Å²) in [6, 6.07) is 0. The minimum Gasteiger partial charge on any atom is -0.445 e. The fourth-order valence-electron chi connectivity index (χ4n) is 0.896. The van der Waals surface area contributed by atoms with Crippen molar-refractivity contribution >= 4 is 0 Å². The summed E-state index contributed by atoms with van der Waals surface area (Å²) < 4.78 is 5.50. The van der Waals surface area contributed by atoms with Crippen LogP contribution in [0.15, 0.2) is 10.6 Å². The van der Waals surface area contributed by atoms with Gasteiger partial charge in [-0.2, -0.15) is 0 Å². The van der Waals surface area contributed by atoms with Crippen LogP contribution in [0.2, 0.25) is 0 Å². The molecule has 14 heavy (non-hydrogen) atoms. The third-order valence-corrected chi connectivity index (χ3v) is 1.65. The summed E-state index contributed by atoms with van der Waals surface area (Å²) in [4.78, 5) is 4.13. The molecule has 3 heteroatoms. The number of hydrogen-bond donors (Lipinski definition) is 1. The minimum atomic E-state index is 0.0415. The number of oxazole rings is 1. The largest absolute Gasteiger partial charge is 0.445 e. The molecule has 0 saturated heterocycles. The summed E-state index contributed by atoms with van der Waals surface area (Å²) in [7, 11) is 0. The molecule has 0 aromatic carbocycles. The van der Waals surface area contributed by atoms with Crippen molar-refractivity contribution in [3.63, 3.8) is 0 Å². The van der Waals surface area contributed by atoms with E-state index in [1.807, 2.05) is 13.8 Å². The van der Waals surface area contributed by atoms with Gasteiger partial charge in [0.1, 0.15) is 5.76 Å². The van der Waals surface area contributed by atoms with E-state index >= 15 is 0 Å². The summed E-state index contributed by atoms with van der Waals surface area (Å²) in [5.74, 6) is 1.66. The van der Waals surface area contributed by atoms with E-state index < -0.39 is 0 Å². The molecule has 3 nitrogen and oxygen atoms in total. The first-order valence-corrected chi connectivity index (χ1v) is 5.19. The zero-order chi connectivity index (χ0) is 11.2. The Balaban J connectivity index is 0.000000791. The van der Waals surface area contributed by atoms with E-state index in [1.165, 1.54) is 0 Å². The van der Waals surface area contributed by atoms with Crippen molar-refractivity contribution < 1.29 is 4.42 Å². The summed E-state index contributed by atoms with van der Waals surface area (Å²) in [6.07, 6.45) is 2.50. The normalized spacial score (nSPS) is 10.7. The Morgan fingerprint density at radius 3 is 2.29 bits per heavy atom. The first-order chi connectivity index (χ1) is 6.54. The van der Waals surface area contributed by atoms with Crippen LogP contribution in [0, 0.1) is 0 Å². The average molecular weight is 198 g/mol. The standard InChI is InChI=1S/C9H16N2O.C2H6/c1-9(2,3)7-6-11-8(12-7)4-5-10;1-2/h6H,4-5,10H2,1-3H3;1-2H3. The molecule has 1 aromatic rings. The van der Waals surface area contributed by atoms with Gasteiger partial charge in [0.2, 0.25) is 0 Å². The van der Waals surface area contributed by atoms with Gasteiger partial charge in [-0.05, 0) is 0 Å². The highest BCUT2D eigenvalue weighted by molar-refractivity contribution is 5.05. The lowest BCUT2D eigenvalue weighted by Gasteiger charge is -2.12. The van der Waals surface area contributed by atoms with Gasteiger partial charge in [-0.1, -0.05) is 34.6 Å². The van der Waals surface area contributed by atoms with Gasteiger partial charge in [0, 0.05) is 18.4 Å². The lowest BCUT2D eigenvalue weighted by atomic mass is 9.94. The van der Waals surface area contributed by atoms with E-state index in [4.69, 9.17) is 10.2 Å². The fourth-order valence-corrected chi connectivity index (χ4v) is 0.896. The maximum atomic E-state index is 5.50. The van der Waals surface area contributed by atoms with Crippen LogP contribution in [0.1, 0.15) is 46.3 Å². The molecule has 82 valence electrons. The molecule has 0 aliphatic heterocycles. The van der Waals surface area contributed by atoms with E-state index in [2.05, 4.69) is 25.8 Å². The molecule has 0 atom stereocenters. The predicted molar refractivity (Wildman–Crippen MR) is 59.3 cm³/mol. The smallest absolute Gasteiger partial charge is 0.195 e. The van der Waals surface area contributed by atoms with Crippen LogP contribution in [0.5, 0.6) is 0 Å². The van der Waals surface area contributed by atoms with E-state index in [0.717, 1.165) is 18.1 Å². The van der Waals surface area contributed by atoms with Gasteiger partial charge in [-0.25, -0.2) is 4.98 Å². The Morgan fingerprint density at radius 2 is 1.93 bits per heavy atom. The molecule has 0 unspecified atom stereocenters. The Bertz CT molecular complexity index is 248. The lowest BCUT2D eigenvalue weighted by molar-refractivity contribution is 0.383. The monoisotopic (exact) mass is 198 g/mol. The van der Waals surface area contributed by atoms with Gasteiger partial charge in [-0.15, -0.1) is 0 Å². The molecular formula is C11H22N2O. The van der Waals surface area contributed by atoms with Crippen molar-refractivity contribution in [1.82, 2.24) is 4.98 Å². The molecule has 0 bridgehead atoms. The molecule has 1 heterocycles. The molecule has 0 aliphatic carbocycles. The van der Waals surface area contributed by atoms with E-state index in [9.17, 15) is 0 Å². The molecule has 0 aliphatic rings. The Hall–Kier alpha value is -0.830. The van der Waals surface area contributed by atoms with Gasteiger partial charge >= 0.3 is 0 Å². The van der Waals surface area contributed by atoms with Crippen molar-refractivity contribution in [2.24, 2.45) is 5.73 Å². The number of rotatable bonds is 2. The van der Waals surface area contributed by atoms with Gasteiger partial charge in [0.25, 0.3) is 0 Å². The van der Waals surface area contributed by atoms with Crippen LogP contribution in [-0.4, -0.2) is 11.5 Å². The van der Waals surface area contributed by atoms with Gasteiger partial charge in [0.15, 0.2) is 5.89 Å². The Kier molecular flexibility index (Phi) is 5.46. The third kappa shape index (κ3) is 3.92. The highest BCUT2D eigenvalue weighted by Crippen LogP contribution is 2.22. The van der Waals surface area contributed by atoms with Gasteiger partial charge < -0.3 is 10.2 Å². The fraction of sp³-hybridized carbons (Fsp3) is 0.727.